The molecule has 0 fully saturated rings. The Labute approximate surface area is 545 Å². The average Bonchev–Trinajstić information content (AvgIpc) is 1.51. The number of nitriles is 1. The Bertz CT molecular complexity index is 5870. The highest BCUT2D eigenvalue weighted by Crippen LogP contribution is 2.49. The summed E-state index contributed by atoms with van der Waals surface area (Å²) in [7, 11) is 0. The molecule has 0 aliphatic heterocycles. The summed E-state index contributed by atoms with van der Waals surface area (Å²) in [5.41, 5.74) is 13.7. The Morgan fingerprint density at radius 1 is 0.229 bits per heavy atom. The molecule has 10 heteroatoms. The second-order valence-corrected chi connectivity index (χ2v) is 25.0. The highest BCUT2D eigenvalue weighted by atomic mass is 19.4. The summed E-state index contributed by atoms with van der Waals surface area (Å²) in [5, 5.41) is 22.2. The molecule has 0 unspecified atom stereocenters. The zero-order valence-electron chi connectivity index (χ0n) is 51.1. The van der Waals surface area contributed by atoms with Crippen LogP contribution in [0.2, 0.25) is 0 Å². The highest BCUT2D eigenvalue weighted by Gasteiger charge is 2.40. The number of halogens is 3. The molecule has 450 valence electrons. The van der Waals surface area contributed by atoms with E-state index in [2.05, 4.69) is 194 Å². The second kappa shape index (κ2) is 20.1. The van der Waals surface area contributed by atoms with Crippen molar-refractivity contribution < 1.29 is 13.2 Å². The van der Waals surface area contributed by atoms with Crippen molar-refractivity contribution in [2.24, 2.45) is 0 Å². The van der Waals surface area contributed by atoms with Crippen LogP contribution in [0.5, 0.6) is 0 Å². The standard InChI is InChI=1S/C86H50F3N7/c87-86(88,89)85-83(95-79-47-55(91-71-28-9-1-20-59(71)60-21-2-10-29-72(60)91)36-40-67(79)68-41-37-56(48-80(68)95)92-73-30-11-3-22-61(73)62-23-4-12-31-74(62)92)45-54(53-19-17-18-52(44-53)51-90)46-84(85)96-81-49-57(93-75-32-13-5-24-63(75)64-25-6-14-33-76(64)93)38-42-69(81)70-43-39-58(50-82(70)96)94-77-34-15-7-26-65(77)66-27-8-16-35-78(66)94/h1-50H. The molecular formula is C86H50F3N7. The van der Waals surface area contributed by atoms with Gasteiger partial charge in [0.15, 0.2) is 0 Å². The maximum atomic E-state index is 18.3. The van der Waals surface area contributed by atoms with E-state index >= 15 is 13.2 Å². The number of nitrogens with zero attached hydrogens (tertiary/aromatic N) is 7. The number of alkyl halides is 3. The van der Waals surface area contributed by atoms with Crippen LogP contribution in [0.15, 0.2) is 303 Å². The normalized spacial score (nSPS) is 12.3. The van der Waals surface area contributed by atoms with E-state index in [0.717, 1.165) is 132 Å². The van der Waals surface area contributed by atoms with Gasteiger partial charge >= 0.3 is 6.18 Å². The fourth-order valence-electron chi connectivity index (χ4n) is 16.1. The summed E-state index contributed by atoms with van der Waals surface area (Å²) in [6.45, 7) is 0. The first-order chi connectivity index (χ1) is 47.2. The summed E-state index contributed by atoms with van der Waals surface area (Å²) in [5.74, 6) is 0. The van der Waals surface area contributed by atoms with E-state index in [-0.39, 0.29) is 11.4 Å². The smallest absolute Gasteiger partial charge is 0.309 e. The van der Waals surface area contributed by atoms with Gasteiger partial charge < -0.3 is 27.4 Å². The van der Waals surface area contributed by atoms with E-state index in [1.165, 1.54) is 0 Å². The second-order valence-electron chi connectivity index (χ2n) is 25.0. The van der Waals surface area contributed by atoms with Crippen molar-refractivity contribution in [3.05, 3.63) is 314 Å². The predicted octanol–water partition coefficient (Wildman–Crippen LogP) is 22.8. The Balaban J connectivity index is 0.958. The van der Waals surface area contributed by atoms with Gasteiger partial charge in [0.2, 0.25) is 0 Å². The first kappa shape index (κ1) is 53.8. The molecule has 0 saturated carbocycles. The largest absolute Gasteiger partial charge is 0.420 e. The van der Waals surface area contributed by atoms with Gasteiger partial charge in [-0.05, 0) is 132 Å². The lowest BCUT2D eigenvalue weighted by molar-refractivity contribution is -0.137. The SMILES string of the molecule is N#Cc1cccc(-c2cc(-n3c4cc(-n5c6ccccc6c6ccccc65)ccc4c4ccc(-n5c6ccccc6c6ccccc65)cc43)c(C(F)(F)F)c(-n3c4cc(-n5c6ccccc6c6ccccc65)ccc4c4ccc(-n5c6ccccc6c6ccccc65)cc43)c2)c1. The van der Waals surface area contributed by atoms with Crippen LogP contribution in [0.4, 0.5) is 13.2 Å². The summed E-state index contributed by atoms with van der Waals surface area (Å²) in [6, 6.07) is 104. The van der Waals surface area contributed by atoms with Gasteiger partial charge in [0.25, 0.3) is 0 Å². The van der Waals surface area contributed by atoms with E-state index < -0.39 is 11.7 Å². The Hall–Kier alpha value is -12.8. The number of fused-ring (bicyclic) bond motifs is 18. The lowest BCUT2D eigenvalue weighted by atomic mass is 9.98. The van der Waals surface area contributed by atoms with E-state index in [9.17, 15) is 5.26 Å². The van der Waals surface area contributed by atoms with Gasteiger partial charge in [-0.3, -0.25) is 0 Å². The third-order valence-corrected chi connectivity index (χ3v) is 20.0. The molecule has 0 spiro atoms. The minimum absolute atomic E-state index is 0.0804. The summed E-state index contributed by atoms with van der Waals surface area (Å²) < 4.78 is 67.4. The van der Waals surface area contributed by atoms with Crippen molar-refractivity contribution in [1.29, 1.82) is 5.26 Å². The Kier molecular flexibility index (Phi) is 11.3. The number of hydrogen-bond acceptors (Lipinski definition) is 1. The van der Waals surface area contributed by atoms with Gasteiger partial charge in [0.05, 0.1) is 89.2 Å². The molecule has 0 radical (unpaired) electrons. The molecule has 0 saturated heterocycles. The fourth-order valence-corrected chi connectivity index (χ4v) is 16.1. The number of hydrogen-bond donors (Lipinski definition) is 0. The zero-order chi connectivity index (χ0) is 63.7. The molecule has 7 nitrogen and oxygen atoms in total. The first-order valence-electron chi connectivity index (χ1n) is 32.1. The van der Waals surface area contributed by atoms with Gasteiger partial charge in [-0.25, -0.2) is 0 Å². The average molecular weight is 1240 g/mol. The molecule has 0 atom stereocenters. The topological polar surface area (TPSA) is 53.4 Å². The molecule has 20 aromatic rings. The molecule has 6 heterocycles. The molecule has 6 aromatic heterocycles. The number of para-hydroxylation sites is 8. The minimum Gasteiger partial charge on any atom is -0.309 e. The van der Waals surface area contributed by atoms with Crippen LogP contribution >= 0.6 is 0 Å². The number of rotatable bonds is 7. The molecule has 0 amide bonds. The van der Waals surface area contributed by atoms with Crippen LogP contribution in [0.1, 0.15) is 11.1 Å². The van der Waals surface area contributed by atoms with E-state index in [1.807, 2.05) is 112 Å². The lowest BCUT2D eigenvalue weighted by Gasteiger charge is -2.24. The zero-order valence-corrected chi connectivity index (χ0v) is 51.1. The third-order valence-electron chi connectivity index (χ3n) is 20.0. The van der Waals surface area contributed by atoms with Gasteiger partial charge in [-0.1, -0.05) is 182 Å². The molecule has 14 aromatic carbocycles. The lowest BCUT2D eigenvalue weighted by Crippen LogP contribution is -2.16. The van der Waals surface area contributed by atoms with Crippen LogP contribution in [0.3, 0.4) is 0 Å². The van der Waals surface area contributed by atoms with Crippen molar-refractivity contribution in [2.75, 3.05) is 0 Å². The van der Waals surface area contributed by atoms with Crippen molar-refractivity contribution in [1.82, 2.24) is 27.4 Å². The molecule has 20 rings (SSSR count). The van der Waals surface area contributed by atoms with Crippen molar-refractivity contribution in [3.8, 4) is 51.3 Å². The van der Waals surface area contributed by atoms with E-state index in [0.29, 0.717) is 38.8 Å². The van der Waals surface area contributed by atoms with E-state index in [1.54, 1.807) is 30.3 Å². The fraction of sp³-hybridized carbons (Fsp3) is 0.0116. The number of benzene rings is 14. The molecule has 0 N–H and O–H groups in total. The summed E-state index contributed by atoms with van der Waals surface area (Å²) in [4.78, 5) is 0. The van der Waals surface area contributed by atoms with Crippen LogP contribution in [0, 0.1) is 11.3 Å². The van der Waals surface area contributed by atoms with Gasteiger partial charge in [-0.15, -0.1) is 0 Å². The molecule has 0 aliphatic carbocycles. The van der Waals surface area contributed by atoms with Gasteiger partial charge in [-0.2, -0.15) is 18.4 Å². The molecule has 0 aliphatic rings. The third kappa shape index (κ3) is 7.65. The van der Waals surface area contributed by atoms with E-state index in [4.69, 9.17) is 0 Å². The molecule has 0 bridgehead atoms. The van der Waals surface area contributed by atoms with Crippen LogP contribution in [-0.2, 0) is 6.18 Å². The summed E-state index contributed by atoms with van der Waals surface area (Å²) in [6.07, 6.45) is -5.01. The predicted molar refractivity (Wildman–Crippen MR) is 388 cm³/mol. The maximum absolute atomic E-state index is 18.3. The molecule has 96 heavy (non-hydrogen) atoms. The van der Waals surface area contributed by atoms with Crippen LogP contribution in [-0.4, -0.2) is 27.4 Å². The minimum atomic E-state index is -5.01. The van der Waals surface area contributed by atoms with Crippen LogP contribution in [0.25, 0.3) is 176 Å². The van der Waals surface area contributed by atoms with Crippen molar-refractivity contribution in [3.63, 3.8) is 0 Å². The van der Waals surface area contributed by atoms with Crippen LogP contribution < -0.4 is 0 Å². The maximum Gasteiger partial charge on any atom is 0.420 e. The van der Waals surface area contributed by atoms with Crippen molar-refractivity contribution >= 4 is 131 Å². The Morgan fingerprint density at radius 3 is 0.729 bits per heavy atom. The number of aromatic nitrogens is 6. The quantitative estimate of drug-likeness (QED) is 0.157. The van der Waals surface area contributed by atoms with Gasteiger partial charge in [0, 0.05) is 87.4 Å². The summed E-state index contributed by atoms with van der Waals surface area (Å²) >= 11 is 0. The van der Waals surface area contributed by atoms with Gasteiger partial charge in [0.1, 0.15) is 5.56 Å². The monoisotopic (exact) mass is 1240 g/mol. The Morgan fingerprint density at radius 2 is 0.479 bits per heavy atom. The highest BCUT2D eigenvalue weighted by molar-refractivity contribution is 6.17. The first-order valence-corrected chi connectivity index (χ1v) is 32.1. The molecular weight excluding hydrogens is 1190 g/mol. The van der Waals surface area contributed by atoms with Crippen molar-refractivity contribution in [2.45, 2.75) is 6.18 Å².